The number of aryl methyl sites for hydroxylation is 3. The second kappa shape index (κ2) is 4.70. The SMILES string of the molecule is Cn1c2c(c3ccccc31)CCc1sc(C(N)CO)cc1-2. The van der Waals surface area contributed by atoms with Crippen LogP contribution in [-0.2, 0) is 19.9 Å². The van der Waals surface area contributed by atoms with Crippen LogP contribution in [0.1, 0.15) is 21.4 Å². The lowest BCUT2D eigenvalue weighted by Gasteiger charge is -2.14. The molecule has 3 nitrogen and oxygen atoms in total. The molecule has 0 saturated heterocycles. The first kappa shape index (κ1) is 13.1. The summed E-state index contributed by atoms with van der Waals surface area (Å²) in [4.78, 5) is 2.48. The Kier molecular flexibility index (Phi) is 2.92. The Morgan fingerprint density at radius 1 is 1.33 bits per heavy atom. The van der Waals surface area contributed by atoms with Crippen LogP contribution in [0.4, 0.5) is 0 Å². The van der Waals surface area contributed by atoms with Crippen LogP contribution in [-0.4, -0.2) is 16.3 Å². The van der Waals surface area contributed by atoms with Crippen LogP contribution in [0, 0.1) is 0 Å². The Morgan fingerprint density at radius 2 is 2.14 bits per heavy atom. The topological polar surface area (TPSA) is 51.2 Å². The van der Waals surface area contributed by atoms with Gasteiger partial charge < -0.3 is 15.4 Å². The van der Waals surface area contributed by atoms with Gasteiger partial charge >= 0.3 is 0 Å². The fraction of sp³-hybridized carbons (Fsp3) is 0.294. The average molecular weight is 298 g/mol. The van der Waals surface area contributed by atoms with Crippen molar-refractivity contribution in [2.45, 2.75) is 18.9 Å². The molecule has 1 atom stereocenters. The van der Waals surface area contributed by atoms with Crippen molar-refractivity contribution in [3.05, 3.63) is 45.6 Å². The van der Waals surface area contributed by atoms with E-state index in [2.05, 4.69) is 41.9 Å². The molecule has 0 radical (unpaired) electrons. The summed E-state index contributed by atoms with van der Waals surface area (Å²) in [6.45, 7) is 0.00135. The maximum Gasteiger partial charge on any atom is 0.0632 e. The van der Waals surface area contributed by atoms with E-state index in [1.807, 2.05) is 0 Å². The number of aliphatic hydroxyl groups excluding tert-OH is 1. The summed E-state index contributed by atoms with van der Waals surface area (Å²) in [5.41, 5.74) is 11.4. The molecule has 0 aliphatic heterocycles. The molecule has 4 rings (SSSR count). The number of thiophene rings is 1. The number of hydrogen-bond acceptors (Lipinski definition) is 3. The van der Waals surface area contributed by atoms with Gasteiger partial charge in [0.25, 0.3) is 0 Å². The predicted molar refractivity (Wildman–Crippen MR) is 87.7 cm³/mol. The molecule has 1 aliphatic rings. The van der Waals surface area contributed by atoms with Crippen molar-refractivity contribution in [2.24, 2.45) is 12.8 Å². The van der Waals surface area contributed by atoms with Gasteiger partial charge in [-0.2, -0.15) is 0 Å². The maximum atomic E-state index is 9.29. The van der Waals surface area contributed by atoms with Crippen LogP contribution in [0.3, 0.4) is 0 Å². The highest BCUT2D eigenvalue weighted by molar-refractivity contribution is 7.12. The second-order valence-electron chi connectivity index (χ2n) is 5.68. The number of aromatic nitrogens is 1. The third kappa shape index (κ3) is 1.80. The number of fused-ring (bicyclic) bond motifs is 5. The Bertz CT molecular complexity index is 831. The smallest absolute Gasteiger partial charge is 0.0632 e. The van der Waals surface area contributed by atoms with E-state index < -0.39 is 0 Å². The molecule has 21 heavy (non-hydrogen) atoms. The first-order valence-electron chi connectivity index (χ1n) is 7.26. The largest absolute Gasteiger partial charge is 0.394 e. The second-order valence-corrected chi connectivity index (χ2v) is 6.85. The molecule has 0 fully saturated rings. The van der Waals surface area contributed by atoms with Gasteiger partial charge in [-0.15, -0.1) is 11.3 Å². The molecule has 0 amide bonds. The van der Waals surface area contributed by atoms with Crippen LogP contribution in [0.5, 0.6) is 0 Å². The Morgan fingerprint density at radius 3 is 2.95 bits per heavy atom. The predicted octanol–water partition coefficient (Wildman–Crippen LogP) is 3.00. The Balaban J connectivity index is 1.98. The number of para-hydroxylation sites is 1. The number of nitrogens with two attached hydrogens (primary N) is 1. The van der Waals surface area contributed by atoms with Gasteiger partial charge in [-0.1, -0.05) is 18.2 Å². The highest BCUT2D eigenvalue weighted by Gasteiger charge is 2.25. The van der Waals surface area contributed by atoms with E-state index in [1.165, 1.54) is 32.6 Å². The van der Waals surface area contributed by atoms with Crippen molar-refractivity contribution < 1.29 is 5.11 Å². The van der Waals surface area contributed by atoms with E-state index in [-0.39, 0.29) is 12.6 Å². The van der Waals surface area contributed by atoms with Gasteiger partial charge in [-0.05, 0) is 30.5 Å². The average Bonchev–Trinajstić information content (AvgIpc) is 3.07. The molecule has 2 heterocycles. The van der Waals surface area contributed by atoms with Crippen LogP contribution in [0.2, 0.25) is 0 Å². The third-order valence-electron chi connectivity index (χ3n) is 4.46. The molecular weight excluding hydrogens is 280 g/mol. The lowest BCUT2D eigenvalue weighted by atomic mass is 9.94. The first-order valence-corrected chi connectivity index (χ1v) is 8.08. The highest BCUT2D eigenvalue weighted by atomic mass is 32.1. The van der Waals surface area contributed by atoms with Gasteiger partial charge in [-0.25, -0.2) is 0 Å². The molecule has 1 aliphatic carbocycles. The molecule has 1 unspecified atom stereocenters. The summed E-state index contributed by atoms with van der Waals surface area (Å²) in [7, 11) is 2.14. The van der Waals surface area contributed by atoms with Gasteiger partial charge in [0, 0.05) is 33.3 Å². The van der Waals surface area contributed by atoms with Crippen molar-refractivity contribution in [2.75, 3.05) is 6.61 Å². The quantitative estimate of drug-likeness (QED) is 0.764. The van der Waals surface area contributed by atoms with Crippen LogP contribution >= 0.6 is 11.3 Å². The van der Waals surface area contributed by atoms with Crippen molar-refractivity contribution in [3.8, 4) is 11.3 Å². The minimum absolute atomic E-state index is 0.00135. The van der Waals surface area contributed by atoms with E-state index >= 15 is 0 Å². The standard InChI is InChI=1S/C17H18N2OS/c1-19-14-5-3-2-4-10(14)11-6-7-15-12(17(11)19)8-16(21-15)13(18)9-20/h2-5,8,13,20H,6-7,9,18H2,1H3. The lowest BCUT2D eigenvalue weighted by Crippen LogP contribution is -2.12. The monoisotopic (exact) mass is 298 g/mol. The summed E-state index contributed by atoms with van der Waals surface area (Å²) in [6, 6.07) is 10.5. The molecule has 108 valence electrons. The highest BCUT2D eigenvalue weighted by Crippen LogP contribution is 2.43. The number of aliphatic hydroxyl groups is 1. The molecular formula is C17H18N2OS. The van der Waals surface area contributed by atoms with Crippen molar-refractivity contribution in [1.82, 2.24) is 4.57 Å². The Hall–Kier alpha value is -1.62. The van der Waals surface area contributed by atoms with Gasteiger partial charge in [0.05, 0.1) is 18.3 Å². The van der Waals surface area contributed by atoms with Gasteiger partial charge in [0.15, 0.2) is 0 Å². The fourth-order valence-corrected chi connectivity index (χ4v) is 4.57. The maximum absolute atomic E-state index is 9.29. The molecule has 4 heteroatoms. The summed E-state index contributed by atoms with van der Waals surface area (Å²) in [5, 5.41) is 10.7. The van der Waals surface area contributed by atoms with Crippen molar-refractivity contribution >= 4 is 22.2 Å². The summed E-state index contributed by atoms with van der Waals surface area (Å²) in [5.74, 6) is 0. The molecule has 3 N–H and O–H groups in total. The molecule has 0 spiro atoms. The van der Waals surface area contributed by atoms with Gasteiger partial charge in [0.2, 0.25) is 0 Å². The van der Waals surface area contributed by atoms with Crippen LogP contribution < -0.4 is 5.73 Å². The van der Waals surface area contributed by atoms with Crippen molar-refractivity contribution in [1.29, 1.82) is 0 Å². The van der Waals surface area contributed by atoms with Crippen LogP contribution in [0.25, 0.3) is 22.2 Å². The normalized spacial score (nSPS) is 15.0. The zero-order valence-corrected chi connectivity index (χ0v) is 12.8. The summed E-state index contributed by atoms with van der Waals surface area (Å²) in [6.07, 6.45) is 2.15. The number of rotatable bonds is 2. The minimum atomic E-state index is -0.265. The molecule has 1 aromatic carbocycles. The van der Waals surface area contributed by atoms with Gasteiger partial charge in [-0.3, -0.25) is 0 Å². The summed E-state index contributed by atoms with van der Waals surface area (Å²) >= 11 is 1.75. The van der Waals surface area contributed by atoms with E-state index in [0.717, 1.165) is 17.7 Å². The molecule has 2 aromatic heterocycles. The zero-order valence-electron chi connectivity index (χ0n) is 12.0. The van der Waals surface area contributed by atoms with E-state index in [9.17, 15) is 5.11 Å². The van der Waals surface area contributed by atoms with E-state index in [1.54, 1.807) is 11.3 Å². The number of benzene rings is 1. The lowest BCUT2D eigenvalue weighted by molar-refractivity contribution is 0.269. The number of hydrogen-bond donors (Lipinski definition) is 2. The molecule has 0 saturated carbocycles. The minimum Gasteiger partial charge on any atom is -0.394 e. The zero-order chi connectivity index (χ0) is 14.6. The van der Waals surface area contributed by atoms with Crippen LogP contribution in [0.15, 0.2) is 30.3 Å². The van der Waals surface area contributed by atoms with Gasteiger partial charge in [0.1, 0.15) is 0 Å². The molecule has 3 aromatic rings. The van der Waals surface area contributed by atoms with E-state index in [4.69, 9.17) is 5.73 Å². The van der Waals surface area contributed by atoms with Crippen molar-refractivity contribution in [3.63, 3.8) is 0 Å². The third-order valence-corrected chi connectivity index (χ3v) is 5.79. The van der Waals surface area contributed by atoms with E-state index in [0.29, 0.717) is 0 Å². The number of nitrogens with zero attached hydrogens (tertiary/aromatic N) is 1. The molecule has 0 bridgehead atoms. The Labute approximate surface area is 127 Å². The first-order chi connectivity index (χ1) is 10.2. The fourth-order valence-electron chi connectivity index (χ4n) is 3.41. The summed E-state index contributed by atoms with van der Waals surface area (Å²) < 4.78 is 2.30.